The molecule has 94 valence electrons. The molecule has 0 aliphatic rings. The van der Waals surface area contributed by atoms with Crippen molar-refractivity contribution in [3.63, 3.8) is 0 Å². The Morgan fingerprint density at radius 2 is 2.12 bits per heavy atom. The van der Waals surface area contributed by atoms with Gasteiger partial charge in [0, 0.05) is 19.2 Å². The number of nitrogens with one attached hydrogen (secondary N) is 2. The third-order valence-electron chi connectivity index (χ3n) is 2.33. The second-order valence-corrected chi connectivity index (χ2v) is 3.88. The van der Waals surface area contributed by atoms with Crippen molar-refractivity contribution in [2.45, 2.75) is 19.1 Å². The van der Waals surface area contributed by atoms with Gasteiger partial charge >= 0.3 is 0 Å². The molecule has 2 unspecified atom stereocenters. The third-order valence-corrected chi connectivity index (χ3v) is 2.33. The van der Waals surface area contributed by atoms with Gasteiger partial charge in [0.1, 0.15) is 6.10 Å². The van der Waals surface area contributed by atoms with Crippen LogP contribution in [0.1, 0.15) is 18.6 Å². The average molecular weight is 238 g/mol. The fourth-order valence-electron chi connectivity index (χ4n) is 1.55. The molecule has 2 atom stereocenters. The summed E-state index contributed by atoms with van der Waals surface area (Å²) in [6.45, 7) is 1.71. The lowest BCUT2D eigenvalue weighted by molar-refractivity contribution is -0.114. The smallest absolute Gasteiger partial charge is 0.221 e. The Morgan fingerprint density at radius 1 is 1.41 bits per heavy atom. The summed E-state index contributed by atoms with van der Waals surface area (Å²) in [4.78, 5) is 10.9. The molecule has 5 heteroatoms. The minimum Gasteiger partial charge on any atom is -0.389 e. The molecule has 0 bridgehead atoms. The van der Waals surface area contributed by atoms with Crippen LogP contribution in [0.4, 0.5) is 5.69 Å². The lowest BCUT2D eigenvalue weighted by Gasteiger charge is -2.18. The molecular weight excluding hydrogens is 220 g/mol. The highest BCUT2D eigenvalue weighted by molar-refractivity contribution is 5.88. The summed E-state index contributed by atoms with van der Waals surface area (Å²) in [5, 5.41) is 24.9. The number of rotatable bonds is 5. The number of aliphatic hydroxyl groups excluding tert-OH is 2. The fraction of sp³-hybridized carbons (Fsp3) is 0.417. The standard InChI is InChI=1S/C12H18N2O3/c1-8(15)14-10-5-3-4-9(6-10)12(17)11(16)7-13-2/h3-6,11-13,16-17H,7H2,1-2H3,(H,14,15). The molecule has 1 amide bonds. The second kappa shape index (κ2) is 6.34. The van der Waals surface area contributed by atoms with Crippen molar-refractivity contribution in [3.8, 4) is 0 Å². The van der Waals surface area contributed by atoms with E-state index in [0.29, 0.717) is 17.8 Å². The Kier molecular flexibility index (Phi) is 5.09. The summed E-state index contributed by atoms with van der Waals surface area (Å²) in [6.07, 6.45) is -1.86. The van der Waals surface area contributed by atoms with Gasteiger partial charge in [0.05, 0.1) is 6.10 Å². The molecule has 0 heterocycles. The molecule has 4 N–H and O–H groups in total. The predicted molar refractivity (Wildman–Crippen MR) is 65.6 cm³/mol. The number of anilines is 1. The molecule has 0 saturated carbocycles. The highest BCUT2D eigenvalue weighted by Gasteiger charge is 2.17. The topological polar surface area (TPSA) is 81.6 Å². The van der Waals surface area contributed by atoms with Crippen molar-refractivity contribution >= 4 is 11.6 Å². The normalized spacial score (nSPS) is 14.1. The first-order valence-electron chi connectivity index (χ1n) is 5.43. The maximum atomic E-state index is 10.9. The Labute approximate surface area is 100 Å². The van der Waals surface area contributed by atoms with Crippen LogP contribution in [-0.4, -0.2) is 35.8 Å². The van der Waals surface area contributed by atoms with Gasteiger partial charge in [-0.3, -0.25) is 4.79 Å². The molecule has 17 heavy (non-hydrogen) atoms. The minimum absolute atomic E-state index is 0.174. The van der Waals surface area contributed by atoms with Crippen LogP contribution in [0, 0.1) is 0 Å². The van der Waals surface area contributed by atoms with E-state index in [4.69, 9.17) is 0 Å². The number of carbonyl (C=O) groups excluding carboxylic acids is 1. The molecule has 5 nitrogen and oxygen atoms in total. The fourth-order valence-corrected chi connectivity index (χ4v) is 1.55. The van der Waals surface area contributed by atoms with Crippen LogP contribution < -0.4 is 10.6 Å². The first kappa shape index (κ1) is 13.6. The summed E-state index contributed by atoms with van der Waals surface area (Å²) >= 11 is 0. The number of carbonyl (C=O) groups is 1. The zero-order valence-electron chi connectivity index (χ0n) is 9.97. The number of aliphatic hydroxyl groups is 2. The number of amides is 1. The highest BCUT2D eigenvalue weighted by atomic mass is 16.3. The van der Waals surface area contributed by atoms with Crippen LogP contribution in [0.5, 0.6) is 0 Å². The summed E-state index contributed by atoms with van der Waals surface area (Å²) in [7, 11) is 1.70. The van der Waals surface area contributed by atoms with Crippen LogP contribution >= 0.6 is 0 Å². The summed E-state index contributed by atoms with van der Waals surface area (Å²) in [5.41, 5.74) is 1.17. The van der Waals surface area contributed by atoms with Crippen molar-refractivity contribution in [3.05, 3.63) is 29.8 Å². The Morgan fingerprint density at radius 3 is 2.71 bits per heavy atom. The highest BCUT2D eigenvalue weighted by Crippen LogP contribution is 2.20. The van der Waals surface area contributed by atoms with E-state index in [2.05, 4.69) is 10.6 Å². The van der Waals surface area contributed by atoms with E-state index in [1.54, 1.807) is 31.3 Å². The Hall–Kier alpha value is -1.43. The van der Waals surface area contributed by atoms with Crippen LogP contribution in [0.25, 0.3) is 0 Å². The quantitative estimate of drug-likeness (QED) is 0.593. The van der Waals surface area contributed by atoms with E-state index >= 15 is 0 Å². The first-order valence-corrected chi connectivity index (χ1v) is 5.43. The summed E-state index contributed by atoms with van der Waals surface area (Å²) in [5.74, 6) is -0.174. The summed E-state index contributed by atoms with van der Waals surface area (Å²) < 4.78 is 0. The molecule has 0 spiro atoms. The van der Waals surface area contributed by atoms with Crippen LogP contribution in [0.15, 0.2) is 24.3 Å². The van der Waals surface area contributed by atoms with Gasteiger partial charge < -0.3 is 20.8 Å². The van der Waals surface area contributed by atoms with E-state index in [1.807, 2.05) is 0 Å². The van der Waals surface area contributed by atoms with Crippen molar-refractivity contribution < 1.29 is 15.0 Å². The SMILES string of the molecule is CNCC(O)C(O)c1cccc(NC(C)=O)c1. The molecule has 1 aromatic rings. The number of hydrogen-bond acceptors (Lipinski definition) is 4. The van der Waals surface area contributed by atoms with E-state index in [-0.39, 0.29) is 5.91 Å². The van der Waals surface area contributed by atoms with Gasteiger partial charge in [-0.2, -0.15) is 0 Å². The molecule has 1 rings (SSSR count). The number of likely N-dealkylation sites (N-methyl/N-ethyl adjacent to an activating group) is 1. The molecule has 1 aromatic carbocycles. The van der Waals surface area contributed by atoms with Crippen molar-refractivity contribution in [2.75, 3.05) is 18.9 Å². The number of hydrogen-bond donors (Lipinski definition) is 4. The van der Waals surface area contributed by atoms with E-state index in [0.717, 1.165) is 0 Å². The van der Waals surface area contributed by atoms with Crippen molar-refractivity contribution in [1.82, 2.24) is 5.32 Å². The average Bonchev–Trinajstić information content (AvgIpc) is 2.28. The second-order valence-electron chi connectivity index (χ2n) is 3.88. The monoisotopic (exact) mass is 238 g/mol. The molecule has 0 aliphatic carbocycles. The van der Waals surface area contributed by atoms with Crippen LogP contribution in [-0.2, 0) is 4.79 Å². The zero-order chi connectivity index (χ0) is 12.8. The maximum absolute atomic E-state index is 10.9. The van der Waals surface area contributed by atoms with Crippen LogP contribution in [0.2, 0.25) is 0 Å². The largest absolute Gasteiger partial charge is 0.389 e. The molecule has 0 fully saturated rings. The number of benzene rings is 1. The van der Waals surface area contributed by atoms with Gasteiger partial charge in [0.15, 0.2) is 0 Å². The molecule has 0 aromatic heterocycles. The lowest BCUT2D eigenvalue weighted by Crippen LogP contribution is -2.29. The van der Waals surface area contributed by atoms with Gasteiger partial charge in [-0.25, -0.2) is 0 Å². The van der Waals surface area contributed by atoms with Gasteiger partial charge in [-0.15, -0.1) is 0 Å². The van der Waals surface area contributed by atoms with Gasteiger partial charge in [0.2, 0.25) is 5.91 Å². The first-order chi connectivity index (χ1) is 8.04. The maximum Gasteiger partial charge on any atom is 0.221 e. The van der Waals surface area contributed by atoms with Crippen LogP contribution in [0.3, 0.4) is 0 Å². The molecular formula is C12H18N2O3. The van der Waals surface area contributed by atoms with E-state index in [9.17, 15) is 15.0 Å². The Balaban J connectivity index is 2.79. The minimum atomic E-state index is -0.976. The van der Waals surface area contributed by atoms with E-state index < -0.39 is 12.2 Å². The van der Waals surface area contributed by atoms with Gasteiger partial charge in [0.25, 0.3) is 0 Å². The van der Waals surface area contributed by atoms with Crippen molar-refractivity contribution in [1.29, 1.82) is 0 Å². The molecule has 0 radical (unpaired) electrons. The lowest BCUT2D eigenvalue weighted by atomic mass is 10.0. The zero-order valence-corrected chi connectivity index (χ0v) is 9.97. The van der Waals surface area contributed by atoms with Gasteiger partial charge in [-0.05, 0) is 24.7 Å². The molecule has 0 saturated heterocycles. The summed E-state index contributed by atoms with van der Waals surface area (Å²) in [6, 6.07) is 6.79. The van der Waals surface area contributed by atoms with Gasteiger partial charge in [-0.1, -0.05) is 12.1 Å². The third kappa shape index (κ3) is 4.14. The Bertz CT molecular complexity index is 382. The van der Waals surface area contributed by atoms with E-state index in [1.165, 1.54) is 6.92 Å². The molecule has 0 aliphatic heterocycles. The van der Waals surface area contributed by atoms with Crippen molar-refractivity contribution in [2.24, 2.45) is 0 Å². The predicted octanol–water partition coefficient (Wildman–Crippen LogP) is 0.259.